The summed E-state index contributed by atoms with van der Waals surface area (Å²) in [6, 6.07) is 6.50. The summed E-state index contributed by atoms with van der Waals surface area (Å²) in [6.07, 6.45) is 2.20. The van der Waals surface area contributed by atoms with Crippen LogP contribution in [0.25, 0.3) is 0 Å². The molecule has 0 atom stereocenters. The highest BCUT2D eigenvalue weighted by Crippen LogP contribution is 2.30. The third-order valence-electron chi connectivity index (χ3n) is 4.88. The second-order valence-corrected chi connectivity index (χ2v) is 6.17. The van der Waals surface area contributed by atoms with Crippen LogP contribution in [-0.4, -0.2) is 69.2 Å². The van der Waals surface area contributed by atoms with Gasteiger partial charge < -0.3 is 20.3 Å². The standard InChI is InChI=1S/C17H28N4O/c1-19-9-11-21(12-10-19)14-5-7-20(8-6-14)15-3-4-16(18)17(13-15)22-2/h3-4,13-14H,5-12,18H2,1-2H3/i1D3. The van der Waals surface area contributed by atoms with Crippen LogP contribution in [0.2, 0.25) is 0 Å². The molecule has 2 aliphatic heterocycles. The Bertz CT molecular complexity index is 580. The van der Waals surface area contributed by atoms with Crippen molar-refractivity contribution < 1.29 is 8.85 Å². The number of ether oxygens (including phenoxy) is 1. The molecule has 3 rings (SSSR count). The molecule has 0 saturated carbocycles. The molecule has 0 aromatic heterocycles. The number of nitrogen functional groups attached to an aromatic ring is 1. The van der Waals surface area contributed by atoms with Crippen LogP contribution in [0.1, 0.15) is 17.0 Å². The molecule has 0 spiro atoms. The Kier molecular flexibility index (Phi) is 3.69. The molecule has 5 nitrogen and oxygen atoms in total. The molecule has 0 amide bonds. The van der Waals surface area contributed by atoms with Gasteiger partial charge in [0.1, 0.15) is 5.75 Å². The molecule has 0 bridgehead atoms. The van der Waals surface area contributed by atoms with Crippen molar-refractivity contribution in [3.63, 3.8) is 0 Å². The van der Waals surface area contributed by atoms with Crippen molar-refractivity contribution in [3.05, 3.63) is 18.2 Å². The van der Waals surface area contributed by atoms with E-state index in [1.54, 1.807) is 12.0 Å². The van der Waals surface area contributed by atoms with E-state index < -0.39 is 6.98 Å². The van der Waals surface area contributed by atoms with Crippen LogP contribution in [0.15, 0.2) is 18.2 Å². The van der Waals surface area contributed by atoms with Crippen molar-refractivity contribution >= 4 is 11.4 Å². The van der Waals surface area contributed by atoms with Gasteiger partial charge in [-0.1, -0.05) is 0 Å². The fourth-order valence-electron chi connectivity index (χ4n) is 3.47. The van der Waals surface area contributed by atoms with Crippen LogP contribution in [0.4, 0.5) is 11.4 Å². The van der Waals surface area contributed by atoms with E-state index in [2.05, 4.69) is 9.80 Å². The lowest BCUT2D eigenvalue weighted by Crippen LogP contribution is -2.52. The molecule has 1 aromatic carbocycles. The first-order valence-electron chi connectivity index (χ1n) is 9.56. The molecular formula is C17H28N4O. The van der Waals surface area contributed by atoms with Gasteiger partial charge in [-0.25, -0.2) is 0 Å². The Labute approximate surface area is 137 Å². The van der Waals surface area contributed by atoms with E-state index in [1.807, 2.05) is 18.2 Å². The molecule has 0 unspecified atom stereocenters. The minimum absolute atomic E-state index is 0.547. The van der Waals surface area contributed by atoms with Crippen LogP contribution in [0.5, 0.6) is 5.75 Å². The van der Waals surface area contributed by atoms with Gasteiger partial charge in [-0.3, -0.25) is 4.90 Å². The summed E-state index contributed by atoms with van der Waals surface area (Å²) in [5, 5.41) is 0. The van der Waals surface area contributed by atoms with Crippen molar-refractivity contribution in [3.8, 4) is 5.75 Å². The van der Waals surface area contributed by atoms with Gasteiger partial charge in [-0.15, -0.1) is 0 Å². The molecular weight excluding hydrogens is 276 g/mol. The highest BCUT2D eigenvalue weighted by molar-refractivity contribution is 5.62. The molecule has 2 heterocycles. The summed E-state index contributed by atoms with van der Waals surface area (Å²) in [5.74, 6) is 0.723. The molecule has 22 heavy (non-hydrogen) atoms. The van der Waals surface area contributed by atoms with Crippen molar-refractivity contribution in [2.75, 3.05) is 64.0 Å². The first-order valence-corrected chi connectivity index (χ1v) is 8.06. The predicted octanol–water partition coefficient (Wildman–Crippen LogP) is 1.49. The Balaban J connectivity index is 1.53. The van der Waals surface area contributed by atoms with Crippen LogP contribution in [-0.2, 0) is 0 Å². The third-order valence-corrected chi connectivity index (χ3v) is 4.88. The van der Waals surface area contributed by atoms with Gasteiger partial charge in [-0.05, 0) is 32.0 Å². The van der Waals surface area contributed by atoms with Crippen molar-refractivity contribution in [2.45, 2.75) is 18.9 Å². The lowest BCUT2D eigenvalue weighted by molar-refractivity contribution is 0.0982. The zero-order valence-electron chi connectivity index (χ0n) is 16.3. The average Bonchev–Trinajstić information content (AvgIpc) is 2.62. The van der Waals surface area contributed by atoms with Crippen LogP contribution >= 0.6 is 0 Å². The SMILES string of the molecule is [2H]C([2H])([2H])N1CCN(C2CCN(c3ccc(N)c(OC)c3)CC2)CC1. The number of hydrogen-bond donors (Lipinski definition) is 1. The van der Waals surface area contributed by atoms with E-state index in [1.165, 1.54) is 0 Å². The zero-order chi connectivity index (χ0) is 18.0. The number of hydrogen-bond acceptors (Lipinski definition) is 5. The fraction of sp³-hybridized carbons (Fsp3) is 0.647. The Hall–Kier alpha value is -1.46. The molecule has 0 aliphatic carbocycles. The normalized spacial score (nSPS) is 24.6. The number of nitrogens with zero attached hydrogens (tertiary/aromatic N) is 3. The molecule has 1 aromatic rings. The number of likely N-dealkylation sites (N-methyl/N-ethyl adjacent to an activating group) is 1. The van der Waals surface area contributed by atoms with E-state index >= 15 is 0 Å². The number of piperazine rings is 1. The quantitative estimate of drug-likeness (QED) is 0.857. The lowest BCUT2D eigenvalue weighted by atomic mass is 10.0. The van der Waals surface area contributed by atoms with E-state index in [0.29, 0.717) is 24.8 Å². The maximum atomic E-state index is 7.52. The number of piperidine rings is 1. The summed E-state index contributed by atoms with van der Waals surface area (Å²) in [4.78, 5) is 6.44. The average molecular weight is 307 g/mol. The first kappa shape index (κ1) is 12.0. The van der Waals surface area contributed by atoms with Gasteiger partial charge in [0.2, 0.25) is 0 Å². The van der Waals surface area contributed by atoms with E-state index in [9.17, 15) is 0 Å². The smallest absolute Gasteiger partial charge is 0.143 e. The van der Waals surface area contributed by atoms with E-state index in [0.717, 1.165) is 50.5 Å². The molecule has 5 heteroatoms. The van der Waals surface area contributed by atoms with Gasteiger partial charge in [0.15, 0.2) is 0 Å². The summed E-state index contributed by atoms with van der Waals surface area (Å²) in [7, 11) is 1.64. The van der Waals surface area contributed by atoms with Gasteiger partial charge >= 0.3 is 0 Å². The zero-order valence-corrected chi connectivity index (χ0v) is 13.3. The van der Waals surface area contributed by atoms with Gasteiger partial charge in [0.25, 0.3) is 0 Å². The van der Waals surface area contributed by atoms with Crippen molar-refractivity contribution in [2.24, 2.45) is 0 Å². The van der Waals surface area contributed by atoms with Crippen LogP contribution in [0, 0.1) is 0 Å². The number of rotatable bonds is 3. The van der Waals surface area contributed by atoms with E-state index in [-0.39, 0.29) is 0 Å². The monoisotopic (exact) mass is 307 g/mol. The Morgan fingerprint density at radius 3 is 2.50 bits per heavy atom. The van der Waals surface area contributed by atoms with Crippen LogP contribution in [0.3, 0.4) is 0 Å². The van der Waals surface area contributed by atoms with Crippen molar-refractivity contribution in [1.82, 2.24) is 9.80 Å². The first-order chi connectivity index (χ1) is 11.9. The van der Waals surface area contributed by atoms with E-state index in [4.69, 9.17) is 14.6 Å². The molecule has 122 valence electrons. The summed E-state index contributed by atoms with van der Waals surface area (Å²) < 4.78 is 27.9. The molecule has 2 saturated heterocycles. The molecule has 2 aliphatic rings. The second kappa shape index (κ2) is 6.75. The predicted molar refractivity (Wildman–Crippen MR) is 91.7 cm³/mol. The summed E-state index contributed by atoms with van der Waals surface area (Å²) in [5.41, 5.74) is 7.71. The Morgan fingerprint density at radius 2 is 1.86 bits per heavy atom. The number of anilines is 2. The topological polar surface area (TPSA) is 45.0 Å². The minimum atomic E-state index is -1.95. The van der Waals surface area contributed by atoms with Gasteiger partial charge in [0, 0.05) is 61.2 Å². The highest BCUT2D eigenvalue weighted by atomic mass is 16.5. The van der Waals surface area contributed by atoms with Gasteiger partial charge in [0.05, 0.1) is 12.8 Å². The molecule has 2 fully saturated rings. The number of methoxy groups -OCH3 is 1. The Morgan fingerprint density at radius 1 is 1.14 bits per heavy atom. The minimum Gasteiger partial charge on any atom is -0.495 e. The summed E-state index contributed by atoms with van der Waals surface area (Å²) in [6.45, 7) is 2.99. The van der Waals surface area contributed by atoms with Crippen LogP contribution < -0.4 is 15.4 Å². The van der Waals surface area contributed by atoms with Crippen molar-refractivity contribution in [1.29, 1.82) is 0 Å². The maximum absolute atomic E-state index is 7.52. The third kappa shape index (κ3) is 3.31. The molecule has 0 radical (unpaired) electrons. The maximum Gasteiger partial charge on any atom is 0.143 e. The lowest BCUT2D eigenvalue weighted by Gasteiger charge is -2.42. The largest absolute Gasteiger partial charge is 0.495 e. The number of benzene rings is 1. The number of nitrogens with two attached hydrogens (primary N) is 1. The highest BCUT2D eigenvalue weighted by Gasteiger charge is 2.26. The molecule has 2 N–H and O–H groups in total. The summed E-state index contributed by atoms with van der Waals surface area (Å²) >= 11 is 0. The fourth-order valence-corrected chi connectivity index (χ4v) is 3.47. The van der Waals surface area contributed by atoms with Gasteiger partial charge in [-0.2, -0.15) is 0 Å². The second-order valence-electron chi connectivity index (χ2n) is 6.17.